The number of benzene rings is 1. The Kier molecular flexibility index (Phi) is 4.77. The monoisotopic (exact) mass is 309 g/mol. The summed E-state index contributed by atoms with van der Waals surface area (Å²) in [5, 5.41) is 3.39. The van der Waals surface area contributed by atoms with E-state index in [-0.39, 0.29) is 0 Å². The third-order valence-corrected chi connectivity index (χ3v) is 4.54. The van der Waals surface area contributed by atoms with Crippen molar-refractivity contribution < 1.29 is 0 Å². The third-order valence-electron chi connectivity index (χ3n) is 2.86. The minimum atomic E-state index is 0.442. The van der Waals surface area contributed by atoms with Gasteiger partial charge in [-0.3, -0.25) is 0 Å². The number of aryl methyl sites for hydroxylation is 1. The lowest BCUT2D eigenvalue weighted by Crippen LogP contribution is -2.16. The summed E-state index contributed by atoms with van der Waals surface area (Å²) < 4.78 is 1.22. The van der Waals surface area contributed by atoms with Gasteiger partial charge in [0.2, 0.25) is 0 Å². The molecule has 0 aliphatic rings. The molecule has 2 aromatic rings. The zero-order valence-corrected chi connectivity index (χ0v) is 12.2. The molecule has 3 heteroatoms. The van der Waals surface area contributed by atoms with Crippen LogP contribution in [0.5, 0.6) is 0 Å². The summed E-state index contributed by atoms with van der Waals surface area (Å²) in [5.74, 6) is 0. The standard InChI is InChI=1S/C14H16BrNS/c1-16-13(11-5-3-2-4-6-11)9-7-12-8-10-14(15)17-12/h2-6,8,10,13,16H,7,9H2,1H3. The molecule has 0 aliphatic carbocycles. The van der Waals surface area contributed by atoms with Gasteiger partial charge in [-0.1, -0.05) is 30.3 Å². The van der Waals surface area contributed by atoms with Gasteiger partial charge in [0.1, 0.15) is 0 Å². The second-order valence-electron chi connectivity index (χ2n) is 4.00. The van der Waals surface area contributed by atoms with Gasteiger partial charge < -0.3 is 5.32 Å². The van der Waals surface area contributed by atoms with E-state index < -0.39 is 0 Å². The molecule has 1 atom stereocenters. The molecule has 90 valence electrons. The van der Waals surface area contributed by atoms with E-state index in [1.807, 2.05) is 18.4 Å². The van der Waals surface area contributed by atoms with Gasteiger partial charge in [0.15, 0.2) is 0 Å². The van der Waals surface area contributed by atoms with Gasteiger partial charge in [0, 0.05) is 10.9 Å². The van der Waals surface area contributed by atoms with Gasteiger partial charge in [-0.15, -0.1) is 11.3 Å². The summed E-state index contributed by atoms with van der Waals surface area (Å²) in [6, 6.07) is 15.4. The zero-order chi connectivity index (χ0) is 12.1. The number of thiophene rings is 1. The molecule has 0 saturated heterocycles. The van der Waals surface area contributed by atoms with Crippen molar-refractivity contribution in [2.24, 2.45) is 0 Å². The number of hydrogen-bond donors (Lipinski definition) is 1. The van der Waals surface area contributed by atoms with Crippen molar-refractivity contribution in [1.29, 1.82) is 0 Å². The predicted molar refractivity (Wildman–Crippen MR) is 78.6 cm³/mol. The molecule has 0 aliphatic heterocycles. The van der Waals surface area contributed by atoms with E-state index in [9.17, 15) is 0 Å². The van der Waals surface area contributed by atoms with Crippen LogP contribution >= 0.6 is 27.3 Å². The molecule has 1 N–H and O–H groups in total. The van der Waals surface area contributed by atoms with E-state index in [4.69, 9.17) is 0 Å². The Balaban J connectivity index is 1.97. The second-order valence-corrected chi connectivity index (χ2v) is 6.54. The highest BCUT2D eigenvalue weighted by molar-refractivity contribution is 9.11. The lowest BCUT2D eigenvalue weighted by Gasteiger charge is -2.15. The van der Waals surface area contributed by atoms with Gasteiger partial charge in [-0.2, -0.15) is 0 Å². The van der Waals surface area contributed by atoms with Crippen LogP contribution in [-0.4, -0.2) is 7.05 Å². The van der Waals surface area contributed by atoms with Crippen LogP contribution in [0.25, 0.3) is 0 Å². The predicted octanol–water partition coefficient (Wildman–Crippen LogP) is 4.40. The van der Waals surface area contributed by atoms with Crippen LogP contribution in [0.1, 0.15) is 22.9 Å². The molecular formula is C14H16BrNS. The Morgan fingerprint density at radius 3 is 2.53 bits per heavy atom. The maximum absolute atomic E-state index is 3.50. The fourth-order valence-corrected chi connectivity index (χ4v) is 3.43. The highest BCUT2D eigenvalue weighted by atomic mass is 79.9. The minimum absolute atomic E-state index is 0.442. The first kappa shape index (κ1) is 12.8. The first-order chi connectivity index (χ1) is 8.29. The summed E-state index contributed by atoms with van der Waals surface area (Å²) in [4.78, 5) is 1.44. The molecule has 1 aromatic carbocycles. The van der Waals surface area contributed by atoms with Gasteiger partial charge >= 0.3 is 0 Å². The fourth-order valence-electron chi connectivity index (χ4n) is 1.94. The normalized spacial score (nSPS) is 12.6. The van der Waals surface area contributed by atoms with Gasteiger partial charge in [-0.25, -0.2) is 0 Å². The van der Waals surface area contributed by atoms with Crippen LogP contribution in [0.15, 0.2) is 46.3 Å². The molecule has 0 saturated carbocycles. The largest absolute Gasteiger partial charge is 0.313 e. The lowest BCUT2D eigenvalue weighted by atomic mass is 10.0. The number of halogens is 1. The van der Waals surface area contributed by atoms with Crippen molar-refractivity contribution in [2.45, 2.75) is 18.9 Å². The first-order valence-electron chi connectivity index (χ1n) is 5.76. The minimum Gasteiger partial charge on any atom is -0.313 e. The van der Waals surface area contributed by atoms with Crippen LogP contribution in [0.3, 0.4) is 0 Å². The van der Waals surface area contributed by atoms with Crippen LogP contribution in [-0.2, 0) is 6.42 Å². The molecule has 1 aromatic heterocycles. The molecule has 0 amide bonds. The molecule has 0 bridgehead atoms. The average Bonchev–Trinajstić information content (AvgIpc) is 2.77. The molecule has 1 unspecified atom stereocenters. The van der Waals surface area contributed by atoms with E-state index in [2.05, 4.69) is 63.7 Å². The molecule has 0 fully saturated rings. The summed E-state index contributed by atoms with van der Waals surface area (Å²) in [7, 11) is 2.03. The zero-order valence-electron chi connectivity index (χ0n) is 9.82. The van der Waals surface area contributed by atoms with Crippen molar-refractivity contribution in [1.82, 2.24) is 5.32 Å². The van der Waals surface area contributed by atoms with E-state index in [0.29, 0.717) is 6.04 Å². The number of rotatable bonds is 5. The van der Waals surface area contributed by atoms with Gasteiger partial charge in [-0.05, 0) is 53.5 Å². The highest BCUT2D eigenvalue weighted by Crippen LogP contribution is 2.25. The molecule has 0 spiro atoms. The summed E-state index contributed by atoms with van der Waals surface area (Å²) in [5.41, 5.74) is 1.37. The molecular weight excluding hydrogens is 294 g/mol. The fraction of sp³-hybridized carbons (Fsp3) is 0.286. The maximum Gasteiger partial charge on any atom is 0.0701 e. The summed E-state index contributed by atoms with van der Waals surface area (Å²) in [6.45, 7) is 0. The Morgan fingerprint density at radius 1 is 1.18 bits per heavy atom. The summed E-state index contributed by atoms with van der Waals surface area (Å²) in [6.07, 6.45) is 2.25. The number of hydrogen-bond acceptors (Lipinski definition) is 2. The van der Waals surface area contributed by atoms with E-state index in [1.165, 1.54) is 14.2 Å². The van der Waals surface area contributed by atoms with Crippen molar-refractivity contribution in [3.63, 3.8) is 0 Å². The smallest absolute Gasteiger partial charge is 0.0701 e. The van der Waals surface area contributed by atoms with Crippen LogP contribution in [0.4, 0.5) is 0 Å². The Morgan fingerprint density at radius 2 is 1.94 bits per heavy atom. The van der Waals surface area contributed by atoms with Crippen LogP contribution in [0.2, 0.25) is 0 Å². The third kappa shape index (κ3) is 3.66. The Labute approximate surface area is 115 Å². The van der Waals surface area contributed by atoms with Crippen molar-refractivity contribution in [3.05, 3.63) is 56.7 Å². The number of nitrogens with one attached hydrogen (secondary N) is 1. The maximum atomic E-state index is 3.50. The van der Waals surface area contributed by atoms with Crippen LogP contribution in [0, 0.1) is 0 Å². The molecule has 1 heterocycles. The van der Waals surface area contributed by atoms with E-state index >= 15 is 0 Å². The van der Waals surface area contributed by atoms with Gasteiger partial charge in [0.25, 0.3) is 0 Å². The Hall–Kier alpha value is -0.640. The lowest BCUT2D eigenvalue weighted by molar-refractivity contribution is 0.551. The van der Waals surface area contributed by atoms with Gasteiger partial charge in [0.05, 0.1) is 3.79 Å². The van der Waals surface area contributed by atoms with E-state index in [0.717, 1.165) is 12.8 Å². The quantitative estimate of drug-likeness (QED) is 0.863. The molecule has 0 radical (unpaired) electrons. The summed E-state index contributed by atoms with van der Waals surface area (Å²) >= 11 is 5.33. The van der Waals surface area contributed by atoms with Crippen LogP contribution < -0.4 is 5.32 Å². The highest BCUT2D eigenvalue weighted by Gasteiger charge is 2.09. The second kappa shape index (κ2) is 6.34. The molecule has 1 nitrogen and oxygen atoms in total. The SMILES string of the molecule is CNC(CCc1ccc(Br)s1)c1ccccc1. The Bertz CT molecular complexity index is 452. The van der Waals surface area contributed by atoms with Crippen molar-refractivity contribution >= 4 is 27.3 Å². The average molecular weight is 310 g/mol. The topological polar surface area (TPSA) is 12.0 Å². The van der Waals surface area contributed by atoms with Crippen molar-refractivity contribution in [2.75, 3.05) is 7.05 Å². The van der Waals surface area contributed by atoms with E-state index in [1.54, 1.807) is 0 Å². The van der Waals surface area contributed by atoms with Crippen molar-refractivity contribution in [3.8, 4) is 0 Å². The molecule has 2 rings (SSSR count). The first-order valence-corrected chi connectivity index (χ1v) is 7.37. The molecule has 17 heavy (non-hydrogen) atoms.